The van der Waals surface area contributed by atoms with Crippen LogP contribution >= 0.6 is 23.2 Å². The van der Waals surface area contributed by atoms with Crippen molar-refractivity contribution in [2.75, 3.05) is 33.2 Å². The lowest BCUT2D eigenvalue weighted by atomic mass is 10.1. The molecule has 150 valence electrons. The molecule has 1 aliphatic heterocycles. The molecule has 1 N–H and O–H groups in total. The van der Waals surface area contributed by atoms with E-state index in [1.165, 1.54) is 19.2 Å². The normalized spacial score (nSPS) is 15.6. The molecule has 28 heavy (non-hydrogen) atoms. The molecule has 1 heterocycles. The van der Waals surface area contributed by atoms with Gasteiger partial charge >= 0.3 is 0 Å². The van der Waals surface area contributed by atoms with Crippen molar-refractivity contribution in [1.29, 1.82) is 0 Å². The van der Waals surface area contributed by atoms with Crippen LogP contribution in [0.2, 0.25) is 10.0 Å². The van der Waals surface area contributed by atoms with E-state index in [-0.39, 0.29) is 10.8 Å². The number of hydrogen-bond acceptors (Lipinski definition) is 4. The summed E-state index contributed by atoms with van der Waals surface area (Å²) < 4.78 is 26.2. The van der Waals surface area contributed by atoms with Crippen LogP contribution in [0.1, 0.15) is 15.9 Å². The van der Waals surface area contributed by atoms with Crippen LogP contribution in [0.5, 0.6) is 0 Å². The Kier molecular flexibility index (Phi) is 6.62. The standard InChI is InChI=1S/C19H21Cl2N3O3S/c1-22-28(26,27)16-6-2-4-14(12-16)19(25)24-10-8-23(9-11-24)13-15-5-3-7-17(20)18(15)21/h2-7,12,22H,8-11,13H2,1H3. The zero-order valence-electron chi connectivity index (χ0n) is 15.4. The maximum Gasteiger partial charge on any atom is 0.253 e. The second-order valence-electron chi connectivity index (χ2n) is 6.52. The summed E-state index contributed by atoms with van der Waals surface area (Å²) in [4.78, 5) is 16.8. The number of benzene rings is 2. The van der Waals surface area contributed by atoms with Crippen molar-refractivity contribution in [3.63, 3.8) is 0 Å². The Labute approximate surface area is 175 Å². The molecule has 1 amide bonds. The molecule has 0 spiro atoms. The van der Waals surface area contributed by atoms with Gasteiger partial charge in [-0.1, -0.05) is 41.4 Å². The van der Waals surface area contributed by atoms with E-state index in [2.05, 4.69) is 9.62 Å². The number of hydrogen-bond donors (Lipinski definition) is 1. The summed E-state index contributed by atoms with van der Waals surface area (Å²) in [6.45, 7) is 3.17. The molecule has 1 aliphatic rings. The zero-order valence-corrected chi connectivity index (χ0v) is 17.7. The summed E-state index contributed by atoms with van der Waals surface area (Å²) in [5.41, 5.74) is 1.32. The zero-order chi connectivity index (χ0) is 20.3. The number of nitrogens with one attached hydrogen (secondary N) is 1. The quantitative estimate of drug-likeness (QED) is 0.774. The van der Waals surface area contributed by atoms with Gasteiger partial charge in [0, 0.05) is 38.3 Å². The third-order valence-electron chi connectivity index (χ3n) is 4.75. The van der Waals surface area contributed by atoms with E-state index in [1.807, 2.05) is 12.1 Å². The molecule has 1 saturated heterocycles. The van der Waals surface area contributed by atoms with Crippen LogP contribution in [0.15, 0.2) is 47.4 Å². The lowest BCUT2D eigenvalue weighted by Crippen LogP contribution is -2.48. The van der Waals surface area contributed by atoms with Crippen LogP contribution in [-0.4, -0.2) is 57.4 Å². The van der Waals surface area contributed by atoms with Crippen LogP contribution in [0.25, 0.3) is 0 Å². The monoisotopic (exact) mass is 441 g/mol. The minimum atomic E-state index is -3.59. The average molecular weight is 442 g/mol. The molecule has 2 aromatic rings. The van der Waals surface area contributed by atoms with Crippen LogP contribution in [0, 0.1) is 0 Å². The largest absolute Gasteiger partial charge is 0.336 e. The first-order chi connectivity index (χ1) is 13.3. The lowest BCUT2D eigenvalue weighted by Gasteiger charge is -2.35. The highest BCUT2D eigenvalue weighted by Crippen LogP contribution is 2.27. The van der Waals surface area contributed by atoms with Crippen LogP contribution in [0.4, 0.5) is 0 Å². The highest BCUT2D eigenvalue weighted by atomic mass is 35.5. The molecular formula is C19H21Cl2N3O3S. The Morgan fingerprint density at radius 3 is 2.43 bits per heavy atom. The van der Waals surface area contributed by atoms with Crippen molar-refractivity contribution in [2.45, 2.75) is 11.4 Å². The summed E-state index contributed by atoms with van der Waals surface area (Å²) in [6.07, 6.45) is 0. The third kappa shape index (κ3) is 4.67. The smallest absolute Gasteiger partial charge is 0.253 e. The van der Waals surface area contributed by atoms with Gasteiger partial charge in [-0.25, -0.2) is 13.1 Å². The molecule has 6 nitrogen and oxygen atoms in total. The van der Waals surface area contributed by atoms with Crippen LogP contribution < -0.4 is 4.72 Å². The van der Waals surface area contributed by atoms with E-state index in [0.717, 1.165) is 5.56 Å². The van der Waals surface area contributed by atoms with Gasteiger partial charge in [-0.2, -0.15) is 0 Å². The lowest BCUT2D eigenvalue weighted by molar-refractivity contribution is 0.0628. The third-order valence-corrected chi connectivity index (χ3v) is 7.02. The maximum absolute atomic E-state index is 12.8. The van der Waals surface area contributed by atoms with Crippen molar-refractivity contribution in [3.8, 4) is 0 Å². The van der Waals surface area contributed by atoms with E-state index in [0.29, 0.717) is 48.3 Å². The van der Waals surface area contributed by atoms with Crippen molar-refractivity contribution < 1.29 is 13.2 Å². The summed E-state index contributed by atoms with van der Waals surface area (Å²) in [5.74, 6) is -0.173. The minimum absolute atomic E-state index is 0.0788. The van der Waals surface area contributed by atoms with E-state index in [1.54, 1.807) is 23.1 Å². The maximum atomic E-state index is 12.8. The molecule has 0 bridgehead atoms. The molecule has 9 heteroatoms. The van der Waals surface area contributed by atoms with Gasteiger partial charge in [0.25, 0.3) is 5.91 Å². The molecule has 0 aromatic heterocycles. The first-order valence-electron chi connectivity index (χ1n) is 8.80. The Hall–Kier alpha value is -1.64. The highest BCUT2D eigenvalue weighted by molar-refractivity contribution is 7.89. The molecule has 0 unspecified atom stereocenters. The van der Waals surface area contributed by atoms with Gasteiger partial charge in [-0.05, 0) is 36.9 Å². The molecule has 1 fully saturated rings. The van der Waals surface area contributed by atoms with Crippen molar-refractivity contribution in [3.05, 3.63) is 63.6 Å². The molecule has 2 aromatic carbocycles. The molecule has 0 atom stereocenters. The fraction of sp³-hybridized carbons (Fsp3) is 0.316. The topological polar surface area (TPSA) is 69.7 Å². The van der Waals surface area contributed by atoms with Crippen molar-refractivity contribution in [2.24, 2.45) is 0 Å². The number of piperazine rings is 1. The number of amides is 1. The Balaban J connectivity index is 1.64. The SMILES string of the molecule is CNS(=O)(=O)c1cccc(C(=O)N2CCN(Cc3cccc(Cl)c3Cl)CC2)c1. The molecule has 0 aliphatic carbocycles. The summed E-state index contributed by atoms with van der Waals surface area (Å²) in [6, 6.07) is 11.7. The van der Waals surface area contributed by atoms with Crippen LogP contribution in [0.3, 0.4) is 0 Å². The second-order valence-corrected chi connectivity index (χ2v) is 9.19. The highest BCUT2D eigenvalue weighted by Gasteiger charge is 2.24. The van der Waals surface area contributed by atoms with Gasteiger partial charge in [-0.15, -0.1) is 0 Å². The van der Waals surface area contributed by atoms with Gasteiger partial charge in [0.2, 0.25) is 10.0 Å². The predicted molar refractivity (Wildman–Crippen MR) is 110 cm³/mol. The van der Waals surface area contributed by atoms with Gasteiger partial charge in [-0.3, -0.25) is 9.69 Å². The van der Waals surface area contributed by atoms with Gasteiger partial charge in [0.1, 0.15) is 0 Å². The number of sulfonamides is 1. The number of carbonyl (C=O) groups excluding carboxylic acids is 1. The Bertz CT molecular complexity index is 974. The fourth-order valence-corrected chi connectivity index (χ4v) is 4.27. The number of carbonyl (C=O) groups is 1. The second kappa shape index (κ2) is 8.80. The van der Waals surface area contributed by atoms with Gasteiger partial charge in [0.15, 0.2) is 0 Å². The summed E-state index contributed by atoms with van der Waals surface area (Å²) in [5, 5.41) is 1.09. The van der Waals surface area contributed by atoms with E-state index >= 15 is 0 Å². The number of nitrogens with zero attached hydrogens (tertiary/aromatic N) is 2. The first kappa shape index (κ1) is 21.1. The van der Waals surface area contributed by atoms with E-state index in [9.17, 15) is 13.2 Å². The molecule has 3 rings (SSSR count). The average Bonchev–Trinajstić information content (AvgIpc) is 2.71. The van der Waals surface area contributed by atoms with Crippen LogP contribution in [-0.2, 0) is 16.6 Å². The summed E-state index contributed by atoms with van der Waals surface area (Å²) in [7, 11) is -2.25. The van der Waals surface area contributed by atoms with Gasteiger partial charge in [0.05, 0.1) is 14.9 Å². The Morgan fingerprint density at radius 1 is 1.07 bits per heavy atom. The number of rotatable bonds is 5. The van der Waals surface area contributed by atoms with E-state index < -0.39 is 10.0 Å². The molecule has 0 radical (unpaired) electrons. The number of halogens is 2. The predicted octanol–water partition coefficient (Wildman–Crippen LogP) is 2.86. The van der Waals surface area contributed by atoms with E-state index in [4.69, 9.17) is 23.2 Å². The van der Waals surface area contributed by atoms with Crippen molar-refractivity contribution in [1.82, 2.24) is 14.5 Å². The van der Waals surface area contributed by atoms with Crippen molar-refractivity contribution >= 4 is 39.1 Å². The molecular weight excluding hydrogens is 421 g/mol. The fourth-order valence-electron chi connectivity index (χ4n) is 3.12. The summed E-state index contributed by atoms with van der Waals surface area (Å²) >= 11 is 12.3. The Morgan fingerprint density at radius 2 is 1.75 bits per heavy atom. The van der Waals surface area contributed by atoms with Gasteiger partial charge < -0.3 is 4.90 Å². The first-order valence-corrected chi connectivity index (χ1v) is 11.0. The minimum Gasteiger partial charge on any atom is -0.336 e. The molecule has 0 saturated carbocycles.